The second-order valence-corrected chi connectivity index (χ2v) is 4.87. The van der Waals surface area contributed by atoms with E-state index in [1.807, 2.05) is 30.3 Å². The van der Waals surface area contributed by atoms with Crippen molar-refractivity contribution in [3.05, 3.63) is 65.7 Å². The molecule has 1 fully saturated rings. The summed E-state index contributed by atoms with van der Waals surface area (Å²) in [5.41, 5.74) is 1.45. The van der Waals surface area contributed by atoms with Gasteiger partial charge in [0.15, 0.2) is 0 Å². The molecule has 0 radical (unpaired) electrons. The maximum Gasteiger partial charge on any atom is 0.416 e. The number of nitrogens with zero attached hydrogens (tertiary/aromatic N) is 1. The highest BCUT2D eigenvalue weighted by Gasteiger charge is 2.29. The second kappa shape index (κ2) is 6.30. The SMILES string of the molecule is O=C1OCCN1C(=O)c1cccc(OCc2ccccc2)c1. The van der Waals surface area contributed by atoms with Gasteiger partial charge in [0.25, 0.3) is 5.91 Å². The monoisotopic (exact) mass is 297 g/mol. The Labute approximate surface area is 128 Å². The van der Waals surface area contributed by atoms with Gasteiger partial charge in [-0.3, -0.25) is 4.79 Å². The van der Waals surface area contributed by atoms with Crippen LogP contribution in [0.4, 0.5) is 4.79 Å². The fourth-order valence-electron chi connectivity index (χ4n) is 2.19. The van der Waals surface area contributed by atoms with Gasteiger partial charge in [-0.25, -0.2) is 9.69 Å². The van der Waals surface area contributed by atoms with Crippen LogP contribution in [0.25, 0.3) is 0 Å². The van der Waals surface area contributed by atoms with E-state index < -0.39 is 6.09 Å². The summed E-state index contributed by atoms with van der Waals surface area (Å²) in [4.78, 5) is 24.8. The van der Waals surface area contributed by atoms with Gasteiger partial charge in [-0.1, -0.05) is 36.4 Å². The number of rotatable bonds is 4. The van der Waals surface area contributed by atoms with Gasteiger partial charge >= 0.3 is 6.09 Å². The number of hydrogen-bond acceptors (Lipinski definition) is 4. The number of carbonyl (C=O) groups excluding carboxylic acids is 2. The molecule has 112 valence electrons. The lowest BCUT2D eigenvalue weighted by atomic mass is 10.2. The van der Waals surface area contributed by atoms with Gasteiger partial charge in [0.05, 0.1) is 6.54 Å². The Bertz CT molecular complexity index is 684. The summed E-state index contributed by atoms with van der Waals surface area (Å²) in [6.45, 7) is 0.950. The number of cyclic esters (lactones) is 1. The zero-order chi connectivity index (χ0) is 15.4. The Hall–Kier alpha value is -2.82. The summed E-state index contributed by atoms with van der Waals surface area (Å²) in [6, 6.07) is 16.6. The first kappa shape index (κ1) is 14.1. The minimum Gasteiger partial charge on any atom is -0.489 e. The van der Waals surface area contributed by atoms with Crippen molar-refractivity contribution in [3.8, 4) is 5.75 Å². The van der Waals surface area contributed by atoms with Crippen LogP contribution >= 0.6 is 0 Å². The fourth-order valence-corrected chi connectivity index (χ4v) is 2.19. The van der Waals surface area contributed by atoms with Gasteiger partial charge in [-0.15, -0.1) is 0 Å². The topological polar surface area (TPSA) is 55.8 Å². The highest BCUT2D eigenvalue weighted by atomic mass is 16.6. The van der Waals surface area contributed by atoms with E-state index in [9.17, 15) is 9.59 Å². The lowest BCUT2D eigenvalue weighted by molar-refractivity contribution is 0.0809. The van der Waals surface area contributed by atoms with E-state index in [-0.39, 0.29) is 19.1 Å². The Balaban J connectivity index is 1.69. The van der Waals surface area contributed by atoms with Crippen LogP contribution in [-0.2, 0) is 11.3 Å². The van der Waals surface area contributed by atoms with Gasteiger partial charge < -0.3 is 9.47 Å². The molecule has 0 bridgehead atoms. The average molecular weight is 297 g/mol. The lowest BCUT2D eigenvalue weighted by Crippen LogP contribution is -2.31. The molecule has 1 saturated heterocycles. The highest BCUT2D eigenvalue weighted by molar-refractivity contribution is 6.03. The smallest absolute Gasteiger partial charge is 0.416 e. The van der Waals surface area contributed by atoms with Crippen LogP contribution in [0.5, 0.6) is 5.75 Å². The van der Waals surface area contributed by atoms with Crippen molar-refractivity contribution < 1.29 is 19.1 Å². The molecule has 22 heavy (non-hydrogen) atoms. The fraction of sp³-hybridized carbons (Fsp3) is 0.176. The summed E-state index contributed by atoms with van der Waals surface area (Å²) in [5.74, 6) is 0.218. The summed E-state index contributed by atoms with van der Waals surface area (Å²) in [6.07, 6.45) is -0.597. The number of benzene rings is 2. The summed E-state index contributed by atoms with van der Waals surface area (Å²) in [7, 11) is 0. The minimum absolute atomic E-state index is 0.245. The van der Waals surface area contributed by atoms with Crippen molar-refractivity contribution in [3.63, 3.8) is 0 Å². The first-order valence-corrected chi connectivity index (χ1v) is 6.99. The van der Waals surface area contributed by atoms with Gasteiger partial charge in [0.2, 0.25) is 0 Å². The predicted molar refractivity (Wildman–Crippen MR) is 79.6 cm³/mol. The molecule has 1 aliphatic heterocycles. The molecule has 0 aliphatic carbocycles. The Morgan fingerprint density at radius 3 is 2.68 bits per heavy atom. The molecule has 2 aromatic rings. The van der Waals surface area contributed by atoms with E-state index in [0.717, 1.165) is 10.5 Å². The van der Waals surface area contributed by atoms with E-state index in [2.05, 4.69) is 0 Å². The molecule has 3 rings (SSSR count). The van der Waals surface area contributed by atoms with Gasteiger partial charge in [0, 0.05) is 5.56 Å². The van der Waals surface area contributed by atoms with Crippen LogP contribution in [0, 0.1) is 0 Å². The molecular weight excluding hydrogens is 282 g/mol. The van der Waals surface area contributed by atoms with E-state index in [1.54, 1.807) is 24.3 Å². The van der Waals surface area contributed by atoms with E-state index >= 15 is 0 Å². The molecular formula is C17H15NO4. The normalized spacial score (nSPS) is 13.8. The quantitative estimate of drug-likeness (QED) is 0.870. The first-order valence-electron chi connectivity index (χ1n) is 6.99. The maximum absolute atomic E-state index is 12.3. The number of ether oxygens (including phenoxy) is 2. The second-order valence-electron chi connectivity index (χ2n) is 4.87. The molecule has 0 aromatic heterocycles. The van der Waals surface area contributed by atoms with Crippen LogP contribution < -0.4 is 4.74 Å². The summed E-state index contributed by atoms with van der Waals surface area (Å²) >= 11 is 0. The molecule has 0 saturated carbocycles. The molecule has 0 atom stereocenters. The zero-order valence-corrected chi connectivity index (χ0v) is 11.9. The Morgan fingerprint density at radius 1 is 1.14 bits per heavy atom. The molecule has 0 unspecified atom stereocenters. The van der Waals surface area contributed by atoms with E-state index in [1.165, 1.54) is 0 Å². The van der Waals surface area contributed by atoms with Crippen LogP contribution in [0.3, 0.4) is 0 Å². The third-order valence-electron chi connectivity index (χ3n) is 3.34. The molecule has 0 spiro atoms. The molecule has 2 aromatic carbocycles. The third-order valence-corrected chi connectivity index (χ3v) is 3.34. The van der Waals surface area contributed by atoms with Crippen LogP contribution in [0.2, 0.25) is 0 Å². The average Bonchev–Trinajstić information content (AvgIpc) is 2.99. The number of amides is 2. The van der Waals surface area contributed by atoms with Crippen molar-refractivity contribution in [1.82, 2.24) is 4.90 Å². The lowest BCUT2D eigenvalue weighted by Gasteiger charge is -2.12. The van der Waals surface area contributed by atoms with Crippen molar-refractivity contribution >= 4 is 12.0 Å². The molecule has 5 heteroatoms. The van der Waals surface area contributed by atoms with Crippen molar-refractivity contribution in [2.24, 2.45) is 0 Å². The van der Waals surface area contributed by atoms with Crippen molar-refractivity contribution in [1.29, 1.82) is 0 Å². The standard InChI is InChI=1S/C17H15NO4/c19-16(18-9-10-21-17(18)20)14-7-4-8-15(11-14)22-12-13-5-2-1-3-6-13/h1-8,11H,9-10,12H2. The zero-order valence-electron chi connectivity index (χ0n) is 11.9. The van der Waals surface area contributed by atoms with E-state index in [4.69, 9.17) is 9.47 Å². The number of carbonyl (C=O) groups is 2. The molecule has 1 aliphatic rings. The molecule has 2 amide bonds. The van der Waals surface area contributed by atoms with Crippen molar-refractivity contribution in [2.75, 3.05) is 13.2 Å². The molecule has 5 nitrogen and oxygen atoms in total. The largest absolute Gasteiger partial charge is 0.489 e. The Kier molecular flexibility index (Phi) is 4.05. The molecule has 1 heterocycles. The van der Waals surface area contributed by atoms with Gasteiger partial charge in [-0.2, -0.15) is 0 Å². The number of hydrogen-bond donors (Lipinski definition) is 0. The van der Waals surface area contributed by atoms with Gasteiger partial charge in [-0.05, 0) is 23.8 Å². The molecule has 0 N–H and O–H groups in total. The Morgan fingerprint density at radius 2 is 1.95 bits per heavy atom. The summed E-state index contributed by atoms with van der Waals surface area (Å²) in [5, 5.41) is 0. The minimum atomic E-state index is -0.597. The van der Waals surface area contributed by atoms with Crippen molar-refractivity contribution in [2.45, 2.75) is 6.61 Å². The number of imide groups is 1. The highest BCUT2D eigenvalue weighted by Crippen LogP contribution is 2.18. The van der Waals surface area contributed by atoms with E-state index in [0.29, 0.717) is 17.9 Å². The first-order chi connectivity index (χ1) is 10.7. The summed E-state index contributed by atoms with van der Waals surface area (Å²) < 4.78 is 10.5. The maximum atomic E-state index is 12.3. The van der Waals surface area contributed by atoms with Crippen LogP contribution in [0.1, 0.15) is 15.9 Å². The van der Waals surface area contributed by atoms with Crippen LogP contribution in [0.15, 0.2) is 54.6 Å². The van der Waals surface area contributed by atoms with Gasteiger partial charge in [0.1, 0.15) is 19.0 Å². The van der Waals surface area contributed by atoms with Crippen LogP contribution in [-0.4, -0.2) is 30.1 Å². The predicted octanol–water partition coefficient (Wildman–Crippen LogP) is 2.86. The third kappa shape index (κ3) is 3.09.